The van der Waals surface area contributed by atoms with E-state index in [1.54, 1.807) is 11.8 Å². The van der Waals surface area contributed by atoms with Crippen molar-refractivity contribution in [3.8, 4) is 0 Å². The summed E-state index contributed by atoms with van der Waals surface area (Å²) >= 11 is 5.21. The van der Waals surface area contributed by atoms with E-state index in [-0.39, 0.29) is 6.10 Å². The van der Waals surface area contributed by atoms with Crippen LogP contribution in [0.4, 0.5) is 0 Å². The van der Waals surface area contributed by atoms with Gasteiger partial charge in [-0.1, -0.05) is 30.3 Å². The van der Waals surface area contributed by atoms with Gasteiger partial charge in [-0.15, -0.1) is 11.8 Å². The second-order valence-corrected chi connectivity index (χ2v) is 6.93. The summed E-state index contributed by atoms with van der Waals surface area (Å²) in [6.45, 7) is 4.22. The molecule has 0 aromatic heterocycles. The van der Waals surface area contributed by atoms with Gasteiger partial charge in [0.05, 0.1) is 6.10 Å². The molecule has 0 bridgehead atoms. The molecule has 0 aliphatic carbocycles. The summed E-state index contributed by atoms with van der Waals surface area (Å²) in [4.78, 5) is 1.17. The van der Waals surface area contributed by atoms with Crippen LogP contribution in [0, 0.1) is 13.8 Å². The number of aliphatic hydroxyl groups is 1. The molecule has 2 rings (SSSR count). The zero-order valence-electron chi connectivity index (χ0n) is 11.8. The summed E-state index contributed by atoms with van der Waals surface area (Å²) in [7, 11) is 0. The number of aryl methyl sites for hydroxylation is 2. The van der Waals surface area contributed by atoms with Gasteiger partial charge in [0.15, 0.2) is 0 Å². The molecule has 0 radical (unpaired) electrons. The van der Waals surface area contributed by atoms with Crippen LogP contribution in [0.5, 0.6) is 0 Å². The zero-order valence-corrected chi connectivity index (χ0v) is 14.2. The van der Waals surface area contributed by atoms with Crippen LogP contribution in [0.25, 0.3) is 0 Å². The molecule has 0 fully saturated rings. The second-order valence-electron chi connectivity index (χ2n) is 5.02. The molecule has 0 aliphatic rings. The molecule has 0 heterocycles. The molecule has 0 saturated carbocycles. The van der Waals surface area contributed by atoms with E-state index < -0.39 is 0 Å². The first-order chi connectivity index (χ1) is 9.56. The average Bonchev–Trinajstić information content (AvgIpc) is 2.42. The van der Waals surface area contributed by atoms with E-state index in [0.29, 0.717) is 12.2 Å². The van der Waals surface area contributed by atoms with Crippen LogP contribution >= 0.6 is 27.7 Å². The Morgan fingerprint density at radius 2 is 1.85 bits per heavy atom. The van der Waals surface area contributed by atoms with Crippen LogP contribution in [0.3, 0.4) is 0 Å². The third kappa shape index (κ3) is 4.37. The van der Waals surface area contributed by atoms with Crippen LogP contribution in [0.2, 0.25) is 0 Å². The summed E-state index contributed by atoms with van der Waals surface area (Å²) in [5.41, 5.74) is 3.78. The maximum atomic E-state index is 10.2. The van der Waals surface area contributed by atoms with Crippen molar-refractivity contribution in [3.05, 3.63) is 63.6 Å². The Bertz CT molecular complexity index is 583. The highest BCUT2D eigenvalue weighted by atomic mass is 79.9. The Labute approximate surface area is 133 Å². The van der Waals surface area contributed by atoms with E-state index in [4.69, 9.17) is 0 Å². The molecule has 0 saturated heterocycles. The normalized spacial score (nSPS) is 12.4. The number of hydrogen-bond acceptors (Lipinski definition) is 2. The molecule has 1 nitrogen and oxygen atoms in total. The minimum absolute atomic E-state index is 0.325. The molecular weight excluding hydrogens is 332 g/mol. The third-order valence-electron chi connectivity index (χ3n) is 3.31. The van der Waals surface area contributed by atoms with Crippen LogP contribution < -0.4 is 0 Å². The number of benzene rings is 2. The highest BCUT2D eigenvalue weighted by Gasteiger charge is 2.08. The molecule has 2 aromatic carbocycles. The predicted molar refractivity (Wildman–Crippen MR) is 90.5 cm³/mol. The highest BCUT2D eigenvalue weighted by Crippen LogP contribution is 2.27. The lowest BCUT2D eigenvalue weighted by Gasteiger charge is -2.12. The van der Waals surface area contributed by atoms with Gasteiger partial charge in [-0.05, 0) is 65.0 Å². The van der Waals surface area contributed by atoms with E-state index in [2.05, 4.69) is 54.0 Å². The quantitative estimate of drug-likeness (QED) is 0.784. The lowest BCUT2D eigenvalue weighted by molar-refractivity contribution is 0.200. The minimum Gasteiger partial charge on any atom is -0.392 e. The lowest BCUT2D eigenvalue weighted by atomic mass is 10.0. The largest absolute Gasteiger partial charge is 0.392 e. The number of rotatable bonds is 5. The standard InChI is InChI=1S/C17H19BrOS/c1-12-7-8-14(9-13(12)2)10-15(19)11-20-17-6-4-3-5-16(17)18/h3-9,15,19H,10-11H2,1-2H3. The minimum atomic E-state index is -0.325. The molecule has 0 amide bonds. The predicted octanol–water partition coefficient (Wildman–Crippen LogP) is 4.76. The number of aliphatic hydroxyl groups excluding tert-OH is 1. The fourth-order valence-electron chi connectivity index (χ4n) is 2.01. The first-order valence-corrected chi connectivity index (χ1v) is 8.45. The van der Waals surface area contributed by atoms with Crippen molar-refractivity contribution in [1.29, 1.82) is 0 Å². The van der Waals surface area contributed by atoms with Crippen molar-refractivity contribution < 1.29 is 5.11 Å². The number of thioether (sulfide) groups is 1. The molecular formula is C17H19BrOS. The third-order valence-corrected chi connectivity index (χ3v) is 5.48. The van der Waals surface area contributed by atoms with Crippen molar-refractivity contribution in [2.75, 3.05) is 5.75 Å². The molecule has 0 spiro atoms. The highest BCUT2D eigenvalue weighted by molar-refractivity contribution is 9.10. The molecule has 1 N–H and O–H groups in total. The maximum Gasteiger partial charge on any atom is 0.0674 e. The molecule has 2 aromatic rings. The first-order valence-electron chi connectivity index (χ1n) is 6.68. The smallest absolute Gasteiger partial charge is 0.0674 e. The lowest BCUT2D eigenvalue weighted by Crippen LogP contribution is -2.13. The van der Waals surface area contributed by atoms with Crippen molar-refractivity contribution >= 4 is 27.7 Å². The van der Waals surface area contributed by atoms with Gasteiger partial charge in [0.1, 0.15) is 0 Å². The van der Waals surface area contributed by atoms with Crippen LogP contribution in [0.15, 0.2) is 51.8 Å². The average molecular weight is 351 g/mol. The van der Waals surface area contributed by atoms with Gasteiger partial charge >= 0.3 is 0 Å². The van der Waals surface area contributed by atoms with Gasteiger partial charge in [-0.25, -0.2) is 0 Å². The zero-order chi connectivity index (χ0) is 14.5. The van der Waals surface area contributed by atoms with Crippen molar-refractivity contribution in [2.24, 2.45) is 0 Å². The van der Waals surface area contributed by atoms with Gasteiger partial charge in [0.25, 0.3) is 0 Å². The van der Waals surface area contributed by atoms with Gasteiger partial charge in [-0.2, -0.15) is 0 Å². The Hall–Kier alpha value is -0.770. The summed E-state index contributed by atoms with van der Waals surface area (Å²) in [5.74, 6) is 0.704. The van der Waals surface area contributed by atoms with E-state index in [0.717, 1.165) is 4.47 Å². The SMILES string of the molecule is Cc1ccc(CC(O)CSc2ccccc2Br)cc1C. The fraction of sp³-hybridized carbons (Fsp3) is 0.294. The molecule has 20 heavy (non-hydrogen) atoms. The van der Waals surface area contributed by atoms with Crippen molar-refractivity contribution in [3.63, 3.8) is 0 Å². The van der Waals surface area contributed by atoms with Crippen LogP contribution in [0.1, 0.15) is 16.7 Å². The monoisotopic (exact) mass is 350 g/mol. The summed E-state index contributed by atoms with van der Waals surface area (Å²) in [5, 5.41) is 10.2. The fourth-order valence-corrected chi connectivity index (χ4v) is 3.51. The van der Waals surface area contributed by atoms with Crippen LogP contribution in [-0.2, 0) is 6.42 Å². The van der Waals surface area contributed by atoms with Gasteiger partial charge in [0, 0.05) is 15.1 Å². The van der Waals surface area contributed by atoms with Crippen LogP contribution in [-0.4, -0.2) is 17.0 Å². The molecule has 0 aliphatic heterocycles. The van der Waals surface area contributed by atoms with Crippen molar-refractivity contribution in [1.82, 2.24) is 0 Å². The van der Waals surface area contributed by atoms with Gasteiger partial charge < -0.3 is 5.11 Å². The summed E-state index contributed by atoms with van der Waals surface area (Å²) in [6, 6.07) is 14.5. The molecule has 1 atom stereocenters. The molecule has 3 heteroatoms. The molecule has 106 valence electrons. The van der Waals surface area contributed by atoms with E-state index in [1.807, 2.05) is 18.2 Å². The maximum absolute atomic E-state index is 10.2. The first kappa shape index (κ1) is 15.6. The Kier molecular flexibility index (Phi) is 5.70. The van der Waals surface area contributed by atoms with E-state index in [9.17, 15) is 5.11 Å². The molecule has 1 unspecified atom stereocenters. The Morgan fingerprint density at radius 1 is 1.10 bits per heavy atom. The summed E-state index contributed by atoms with van der Waals surface area (Å²) < 4.78 is 1.09. The van der Waals surface area contributed by atoms with Crippen molar-refractivity contribution in [2.45, 2.75) is 31.3 Å². The summed E-state index contributed by atoms with van der Waals surface area (Å²) in [6.07, 6.45) is 0.382. The number of hydrogen-bond donors (Lipinski definition) is 1. The van der Waals surface area contributed by atoms with Gasteiger partial charge in [0.2, 0.25) is 0 Å². The second kappa shape index (κ2) is 7.30. The Morgan fingerprint density at radius 3 is 2.55 bits per heavy atom. The van der Waals surface area contributed by atoms with Gasteiger partial charge in [-0.3, -0.25) is 0 Å². The number of halogens is 1. The van der Waals surface area contributed by atoms with E-state index >= 15 is 0 Å². The van der Waals surface area contributed by atoms with E-state index in [1.165, 1.54) is 21.6 Å². The topological polar surface area (TPSA) is 20.2 Å². The Balaban J connectivity index is 1.91.